The van der Waals surface area contributed by atoms with Crippen LogP contribution in [0.2, 0.25) is 0 Å². The van der Waals surface area contributed by atoms with Gasteiger partial charge >= 0.3 is 11.6 Å². The highest BCUT2D eigenvalue weighted by atomic mass is 79.9. The maximum absolute atomic E-state index is 12.2. The number of hydrogen-bond acceptors (Lipinski definition) is 5. The van der Waals surface area contributed by atoms with Gasteiger partial charge in [0.1, 0.15) is 17.1 Å². The number of halogens is 1. The molecule has 6 heteroatoms. The molecule has 0 amide bonds. The molecule has 0 atom stereocenters. The van der Waals surface area contributed by atoms with Crippen LogP contribution >= 0.6 is 15.9 Å². The van der Waals surface area contributed by atoms with Crippen LogP contribution in [0.3, 0.4) is 0 Å². The second kappa shape index (κ2) is 5.89. The number of carbonyl (C=O) groups excluding carboxylic acids is 1. The summed E-state index contributed by atoms with van der Waals surface area (Å²) in [7, 11) is 0. The zero-order chi connectivity index (χ0) is 16.6. The Bertz CT molecular complexity index is 974. The van der Waals surface area contributed by atoms with Crippen LogP contribution in [0.5, 0.6) is 11.5 Å². The lowest BCUT2D eigenvalue weighted by Crippen LogP contribution is -2.04. The molecule has 1 N–H and O–H groups in total. The Balaban J connectivity index is 2.13. The molecule has 2 aromatic carbocycles. The molecule has 0 saturated heterocycles. The minimum Gasteiger partial charge on any atom is -0.508 e. The van der Waals surface area contributed by atoms with Crippen LogP contribution in [-0.4, -0.2) is 11.1 Å². The molecule has 3 rings (SSSR count). The van der Waals surface area contributed by atoms with E-state index in [1.54, 1.807) is 30.3 Å². The lowest BCUT2D eigenvalue weighted by molar-refractivity contribution is -0.131. The summed E-state index contributed by atoms with van der Waals surface area (Å²) in [5.74, 6) is -0.0155. The molecule has 1 heterocycles. The highest BCUT2D eigenvalue weighted by molar-refractivity contribution is 9.10. The van der Waals surface area contributed by atoms with Crippen LogP contribution in [0.4, 0.5) is 0 Å². The summed E-state index contributed by atoms with van der Waals surface area (Å²) < 4.78 is 10.9. The van der Waals surface area contributed by atoms with E-state index < -0.39 is 11.6 Å². The van der Waals surface area contributed by atoms with Crippen molar-refractivity contribution in [3.05, 3.63) is 57.4 Å². The van der Waals surface area contributed by atoms with Gasteiger partial charge in [0.2, 0.25) is 0 Å². The molecule has 0 aliphatic carbocycles. The predicted octanol–water partition coefficient (Wildman–Crippen LogP) is 3.85. The van der Waals surface area contributed by atoms with E-state index in [9.17, 15) is 14.7 Å². The van der Waals surface area contributed by atoms with Crippen LogP contribution in [-0.2, 0) is 4.79 Å². The first kappa shape index (κ1) is 15.3. The summed E-state index contributed by atoms with van der Waals surface area (Å²) in [6, 6.07) is 11.1. The molecule has 0 radical (unpaired) electrons. The number of phenolic OH excluding ortho intramolecular Hbond substituents is 1. The molecule has 0 bridgehead atoms. The van der Waals surface area contributed by atoms with Crippen molar-refractivity contribution in [2.45, 2.75) is 6.92 Å². The lowest BCUT2D eigenvalue weighted by atomic mass is 10.1. The molecule has 0 aliphatic rings. The highest BCUT2D eigenvalue weighted by Crippen LogP contribution is 2.31. The molecule has 5 nitrogen and oxygen atoms in total. The molecule has 116 valence electrons. The SMILES string of the molecule is CC(=O)Oc1ccc(-c2cc3ccc(O)cc3oc2=O)c(Br)c1. The van der Waals surface area contributed by atoms with Crippen LogP contribution < -0.4 is 10.4 Å². The van der Waals surface area contributed by atoms with Crippen molar-refractivity contribution in [3.8, 4) is 22.6 Å². The zero-order valence-electron chi connectivity index (χ0n) is 12.0. The molecular weight excluding hydrogens is 364 g/mol. The monoisotopic (exact) mass is 374 g/mol. The maximum atomic E-state index is 12.2. The molecule has 0 spiro atoms. The van der Waals surface area contributed by atoms with Gasteiger partial charge in [-0.15, -0.1) is 0 Å². The van der Waals surface area contributed by atoms with Crippen LogP contribution in [0.1, 0.15) is 6.92 Å². The summed E-state index contributed by atoms with van der Waals surface area (Å²) in [4.78, 5) is 23.2. The number of carbonyl (C=O) groups is 1. The fourth-order valence-corrected chi connectivity index (χ4v) is 2.80. The fraction of sp³-hybridized carbons (Fsp3) is 0.0588. The van der Waals surface area contributed by atoms with Gasteiger partial charge < -0.3 is 14.3 Å². The Morgan fingerprint density at radius 3 is 2.61 bits per heavy atom. The Labute approximate surface area is 139 Å². The van der Waals surface area contributed by atoms with Crippen LogP contribution in [0, 0.1) is 0 Å². The largest absolute Gasteiger partial charge is 0.508 e. The summed E-state index contributed by atoms with van der Waals surface area (Å²) in [5, 5.41) is 10.1. The number of phenols is 1. The lowest BCUT2D eigenvalue weighted by Gasteiger charge is -2.07. The van der Waals surface area contributed by atoms with E-state index in [-0.39, 0.29) is 5.75 Å². The van der Waals surface area contributed by atoms with Gasteiger partial charge in [0.15, 0.2) is 0 Å². The van der Waals surface area contributed by atoms with E-state index >= 15 is 0 Å². The third kappa shape index (κ3) is 3.12. The minimum atomic E-state index is -0.524. The Hall–Kier alpha value is -2.60. The third-order valence-electron chi connectivity index (χ3n) is 3.21. The van der Waals surface area contributed by atoms with Gasteiger partial charge in [-0.3, -0.25) is 4.79 Å². The smallest absolute Gasteiger partial charge is 0.344 e. The van der Waals surface area contributed by atoms with Gasteiger partial charge in [0.05, 0.1) is 5.56 Å². The van der Waals surface area contributed by atoms with E-state index in [4.69, 9.17) is 9.15 Å². The summed E-state index contributed by atoms with van der Waals surface area (Å²) in [5.41, 5.74) is 0.768. The normalized spacial score (nSPS) is 10.7. The highest BCUT2D eigenvalue weighted by Gasteiger charge is 2.12. The molecule has 0 saturated carbocycles. The number of fused-ring (bicyclic) bond motifs is 1. The maximum Gasteiger partial charge on any atom is 0.344 e. The van der Waals surface area contributed by atoms with E-state index in [0.29, 0.717) is 32.3 Å². The number of aromatic hydroxyl groups is 1. The summed E-state index contributed by atoms with van der Waals surface area (Å²) >= 11 is 3.37. The molecule has 0 fully saturated rings. The van der Waals surface area contributed by atoms with Gasteiger partial charge in [-0.05, 0) is 36.4 Å². The molecule has 0 aliphatic heterocycles. The quantitative estimate of drug-likeness (QED) is 0.418. The van der Waals surface area contributed by atoms with Crippen molar-refractivity contribution in [3.63, 3.8) is 0 Å². The second-order valence-corrected chi connectivity index (χ2v) is 5.76. The average Bonchev–Trinajstić information content (AvgIpc) is 2.46. The standard InChI is InChI=1S/C17H11BrO5/c1-9(19)22-12-4-5-13(15(18)8-12)14-6-10-2-3-11(20)7-16(10)23-17(14)21/h2-8,20H,1H3. The summed E-state index contributed by atoms with van der Waals surface area (Å²) in [6.07, 6.45) is 0. The van der Waals surface area contributed by atoms with Crippen molar-refractivity contribution in [1.82, 2.24) is 0 Å². The van der Waals surface area contributed by atoms with Crippen molar-refractivity contribution in [2.75, 3.05) is 0 Å². The Morgan fingerprint density at radius 1 is 1.13 bits per heavy atom. The van der Waals surface area contributed by atoms with E-state index in [0.717, 1.165) is 0 Å². The van der Waals surface area contributed by atoms with Gasteiger partial charge in [0.25, 0.3) is 0 Å². The van der Waals surface area contributed by atoms with E-state index in [1.807, 2.05) is 0 Å². The molecule has 23 heavy (non-hydrogen) atoms. The molecular formula is C17H11BrO5. The number of rotatable bonds is 2. The number of esters is 1. The third-order valence-corrected chi connectivity index (χ3v) is 3.87. The van der Waals surface area contributed by atoms with Gasteiger partial charge in [-0.1, -0.05) is 15.9 Å². The second-order valence-electron chi connectivity index (χ2n) is 4.90. The van der Waals surface area contributed by atoms with E-state index in [1.165, 1.54) is 19.1 Å². The fourth-order valence-electron chi connectivity index (χ4n) is 2.23. The first-order valence-electron chi connectivity index (χ1n) is 6.69. The van der Waals surface area contributed by atoms with Crippen molar-refractivity contribution in [2.24, 2.45) is 0 Å². The van der Waals surface area contributed by atoms with Crippen molar-refractivity contribution >= 4 is 32.9 Å². The average molecular weight is 375 g/mol. The van der Waals surface area contributed by atoms with Gasteiger partial charge in [0, 0.05) is 28.4 Å². The first-order chi connectivity index (χ1) is 10.9. The topological polar surface area (TPSA) is 76.7 Å². The van der Waals surface area contributed by atoms with Gasteiger partial charge in [-0.2, -0.15) is 0 Å². The zero-order valence-corrected chi connectivity index (χ0v) is 13.6. The van der Waals surface area contributed by atoms with Crippen molar-refractivity contribution < 1.29 is 19.1 Å². The Kier molecular flexibility index (Phi) is 3.92. The van der Waals surface area contributed by atoms with Crippen LogP contribution in [0.15, 0.2) is 56.1 Å². The first-order valence-corrected chi connectivity index (χ1v) is 7.48. The molecule has 1 aromatic heterocycles. The predicted molar refractivity (Wildman–Crippen MR) is 88.6 cm³/mol. The van der Waals surface area contributed by atoms with Crippen LogP contribution in [0.25, 0.3) is 22.1 Å². The van der Waals surface area contributed by atoms with Crippen molar-refractivity contribution in [1.29, 1.82) is 0 Å². The Morgan fingerprint density at radius 2 is 1.91 bits per heavy atom. The van der Waals surface area contributed by atoms with E-state index in [2.05, 4.69) is 15.9 Å². The van der Waals surface area contributed by atoms with Gasteiger partial charge in [-0.25, -0.2) is 4.79 Å². The molecule has 3 aromatic rings. The number of benzene rings is 2. The number of ether oxygens (including phenoxy) is 1. The molecule has 0 unspecified atom stereocenters. The minimum absolute atomic E-state index is 0.0281. The number of hydrogen-bond donors (Lipinski definition) is 1. The summed E-state index contributed by atoms with van der Waals surface area (Å²) in [6.45, 7) is 1.31.